The van der Waals surface area contributed by atoms with Gasteiger partial charge in [-0.3, -0.25) is 4.79 Å². The Morgan fingerprint density at radius 1 is 1.12 bits per heavy atom. The first-order valence-corrected chi connectivity index (χ1v) is 9.85. The summed E-state index contributed by atoms with van der Waals surface area (Å²) < 4.78 is 33.8. The standard InChI is InChI=1S/C17H27N3O4S/c1-13(2)16(17(21)24-4)18-25(22,23)20-11-9-19(10-12-20)15-7-5-14(3)6-8-15/h5-8,13,16,18H,9-12H2,1-4H3/t16-/m1/s1. The Bertz CT molecular complexity index is 680. The fourth-order valence-electron chi connectivity index (χ4n) is 2.76. The molecule has 140 valence electrons. The van der Waals surface area contributed by atoms with E-state index in [1.165, 1.54) is 17.0 Å². The molecule has 1 aliphatic heterocycles. The summed E-state index contributed by atoms with van der Waals surface area (Å²) in [6.07, 6.45) is 0. The Kier molecular flexibility index (Phi) is 6.42. The molecule has 1 N–H and O–H groups in total. The molecule has 0 spiro atoms. The SMILES string of the molecule is COC(=O)[C@H](NS(=O)(=O)N1CCN(c2ccc(C)cc2)CC1)C(C)C. The number of nitrogens with one attached hydrogen (secondary N) is 1. The largest absolute Gasteiger partial charge is 0.468 e. The molecule has 0 amide bonds. The molecular weight excluding hydrogens is 342 g/mol. The van der Waals surface area contributed by atoms with Crippen molar-refractivity contribution in [1.29, 1.82) is 0 Å². The van der Waals surface area contributed by atoms with Crippen molar-refractivity contribution in [3.05, 3.63) is 29.8 Å². The maximum absolute atomic E-state index is 12.6. The van der Waals surface area contributed by atoms with Gasteiger partial charge in [-0.1, -0.05) is 31.5 Å². The quantitative estimate of drug-likeness (QED) is 0.761. The number of piperazine rings is 1. The van der Waals surface area contributed by atoms with Gasteiger partial charge in [0.1, 0.15) is 6.04 Å². The summed E-state index contributed by atoms with van der Waals surface area (Å²) in [5.41, 5.74) is 2.28. The summed E-state index contributed by atoms with van der Waals surface area (Å²) in [6.45, 7) is 7.54. The first-order chi connectivity index (χ1) is 11.7. The molecule has 1 aliphatic rings. The molecule has 8 heteroatoms. The number of hydrogen-bond acceptors (Lipinski definition) is 5. The third-order valence-corrected chi connectivity index (χ3v) is 5.97. The number of methoxy groups -OCH3 is 1. The zero-order valence-corrected chi connectivity index (χ0v) is 16.0. The van der Waals surface area contributed by atoms with E-state index < -0.39 is 22.2 Å². The highest BCUT2D eigenvalue weighted by Crippen LogP contribution is 2.18. The molecule has 1 aromatic carbocycles. The Morgan fingerprint density at radius 2 is 1.68 bits per heavy atom. The van der Waals surface area contributed by atoms with Crippen LogP contribution in [-0.4, -0.2) is 58.0 Å². The van der Waals surface area contributed by atoms with E-state index in [9.17, 15) is 13.2 Å². The molecular formula is C17H27N3O4S. The maximum Gasteiger partial charge on any atom is 0.324 e. The molecule has 7 nitrogen and oxygen atoms in total. The van der Waals surface area contributed by atoms with E-state index in [4.69, 9.17) is 4.74 Å². The molecule has 0 aliphatic carbocycles. The minimum Gasteiger partial charge on any atom is -0.468 e. The van der Waals surface area contributed by atoms with Crippen molar-refractivity contribution in [2.45, 2.75) is 26.8 Å². The number of nitrogens with zero attached hydrogens (tertiary/aromatic N) is 2. The lowest BCUT2D eigenvalue weighted by atomic mass is 10.1. The van der Waals surface area contributed by atoms with E-state index in [2.05, 4.69) is 9.62 Å². The molecule has 1 fully saturated rings. The number of anilines is 1. The van der Waals surface area contributed by atoms with Crippen LogP contribution in [0, 0.1) is 12.8 Å². The van der Waals surface area contributed by atoms with Crippen molar-refractivity contribution in [2.24, 2.45) is 5.92 Å². The van der Waals surface area contributed by atoms with Gasteiger partial charge in [0.25, 0.3) is 10.2 Å². The average Bonchev–Trinajstić information content (AvgIpc) is 2.59. The van der Waals surface area contributed by atoms with Crippen molar-refractivity contribution in [1.82, 2.24) is 9.03 Å². The molecule has 1 aromatic rings. The van der Waals surface area contributed by atoms with Crippen molar-refractivity contribution in [3.8, 4) is 0 Å². The van der Waals surface area contributed by atoms with Gasteiger partial charge < -0.3 is 9.64 Å². The molecule has 2 rings (SSSR count). The van der Waals surface area contributed by atoms with E-state index in [0.29, 0.717) is 26.2 Å². The van der Waals surface area contributed by atoms with E-state index in [1.807, 2.05) is 31.2 Å². The Hall–Kier alpha value is -1.64. The number of carbonyl (C=O) groups excluding carboxylic acids is 1. The fourth-order valence-corrected chi connectivity index (χ4v) is 4.24. The molecule has 1 heterocycles. The molecule has 0 saturated carbocycles. The van der Waals surface area contributed by atoms with Gasteiger partial charge >= 0.3 is 5.97 Å². The van der Waals surface area contributed by atoms with E-state index >= 15 is 0 Å². The minimum atomic E-state index is -3.74. The van der Waals surface area contributed by atoms with Gasteiger partial charge in [0.05, 0.1) is 7.11 Å². The summed E-state index contributed by atoms with van der Waals surface area (Å²) in [5.74, 6) is -0.770. The van der Waals surface area contributed by atoms with Crippen LogP contribution in [0.25, 0.3) is 0 Å². The highest BCUT2D eigenvalue weighted by Gasteiger charge is 2.33. The van der Waals surface area contributed by atoms with Crippen LogP contribution in [0.4, 0.5) is 5.69 Å². The van der Waals surface area contributed by atoms with Crippen LogP contribution in [0.1, 0.15) is 19.4 Å². The number of esters is 1. The second kappa shape index (κ2) is 8.16. The molecule has 0 aromatic heterocycles. The van der Waals surface area contributed by atoms with Crippen LogP contribution >= 0.6 is 0 Å². The molecule has 0 radical (unpaired) electrons. The van der Waals surface area contributed by atoms with Gasteiger partial charge in [-0.2, -0.15) is 17.4 Å². The average molecular weight is 369 g/mol. The highest BCUT2D eigenvalue weighted by molar-refractivity contribution is 7.87. The second-order valence-electron chi connectivity index (χ2n) is 6.59. The van der Waals surface area contributed by atoms with Crippen LogP contribution in [0.5, 0.6) is 0 Å². The smallest absolute Gasteiger partial charge is 0.324 e. The maximum atomic E-state index is 12.6. The van der Waals surface area contributed by atoms with Gasteiger partial charge in [-0.05, 0) is 25.0 Å². The molecule has 25 heavy (non-hydrogen) atoms. The molecule has 1 atom stereocenters. The first-order valence-electron chi connectivity index (χ1n) is 8.41. The van der Waals surface area contributed by atoms with E-state index in [1.54, 1.807) is 13.8 Å². The van der Waals surface area contributed by atoms with E-state index in [0.717, 1.165) is 5.69 Å². The zero-order chi connectivity index (χ0) is 18.6. The monoisotopic (exact) mass is 369 g/mol. The van der Waals surface area contributed by atoms with Crippen molar-refractivity contribution >= 4 is 21.9 Å². The number of carbonyl (C=O) groups is 1. The summed E-state index contributed by atoms with van der Waals surface area (Å²) in [5, 5.41) is 0. The third kappa shape index (κ3) is 4.93. The van der Waals surface area contributed by atoms with E-state index in [-0.39, 0.29) is 5.92 Å². The summed E-state index contributed by atoms with van der Waals surface area (Å²) in [4.78, 5) is 14.0. The van der Waals surface area contributed by atoms with Gasteiger partial charge in [-0.25, -0.2) is 0 Å². The summed E-state index contributed by atoms with van der Waals surface area (Å²) >= 11 is 0. The lowest BCUT2D eigenvalue weighted by molar-refractivity contribution is -0.143. The first kappa shape index (κ1) is 19.7. The van der Waals surface area contributed by atoms with Gasteiger partial charge in [0.15, 0.2) is 0 Å². The topological polar surface area (TPSA) is 78.9 Å². The van der Waals surface area contributed by atoms with Crippen LogP contribution < -0.4 is 9.62 Å². The van der Waals surface area contributed by atoms with Crippen molar-refractivity contribution in [3.63, 3.8) is 0 Å². The van der Waals surface area contributed by atoms with Crippen LogP contribution in [-0.2, 0) is 19.7 Å². The molecule has 1 saturated heterocycles. The predicted molar refractivity (Wildman–Crippen MR) is 97.7 cm³/mol. The zero-order valence-electron chi connectivity index (χ0n) is 15.2. The third-order valence-electron chi connectivity index (χ3n) is 4.38. The minimum absolute atomic E-state index is 0.198. The Balaban J connectivity index is 2.00. The van der Waals surface area contributed by atoms with Crippen molar-refractivity contribution < 1.29 is 17.9 Å². The predicted octanol–water partition coefficient (Wildman–Crippen LogP) is 1.15. The number of ether oxygens (including phenoxy) is 1. The summed E-state index contributed by atoms with van der Waals surface area (Å²) in [7, 11) is -2.48. The normalized spacial score (nSPS) is 17.6. The van der Waals surface area contributed by atoms with Crippen LogP contribution in [0.15, 0.2) is 24.3 Å². The van der Waals surface area contributed by atoms with Crippen LogP contribution in [0.2, 0.25) is 0 Å². The summed E-state index contributed by atoms with van der Waals surface area (Å²) in [6, 6.07) is 7.30. The number of hydrogen-bond donors (Lipinski definition) is 1. The second-order valence-corrected chi connectivity index (χ2v) is 8.29. The number of rotatable bonds is 6. The number of benzene rings is 1. The molecule has 0 unspecified atom stereocenters. The Morgan fingerprint density at radius 3 is 2.16 bits per heavy atom. The molecule has 0 bridgehead atoms. The van der Waals surface area contributed by atoms with Gasteiger partial charge in [-0.15, -0.1) is 0 Å². The number of aryl methyl sites for hydroxylation is 1. The van der Waals surface area contributed by atoms with Crippen LogP contribution in [0.3, 0.4) is 0 Å². The van der Waals surface area contributed by atoms with Gasteiger partial charge in [0, 0.05) is 31.9 Å². The lowest BCUT2D eigenvalue weighted by Crippen LogP contribution is -2.56. The van der Waals surface area contributed by atoms with Crippen molar-refractivity contribution in [2.75, 3.05) is 38.2 Å². The Labute approximate surface area is 150 Å². The fraction of sp³-hybridized carbons (Fsp3) is 0.588. The highest BCUT2D eigenvalue weighted by atomic mass is 32.2. The lowest BCUT2D eigenvalue weighted by Gasteiger charge is -2.36. The van der Waals surface area contributed by atoms with Gasteiger partial charge in [0.2, 0.25) is 0 Å².